The first-order valence-electron chi connectivity index (χ1n) is 8.46. The van der Waals surface area contributed by atoms with Crippen LogP contribution in [0.15, 0.2) is 22.4 Å². The third-order valence-electron chi connectivity index (χ3n) is 4.88. The molecule has 27 heavy (non-hydrogen) atoms. The summed E-state index contributed by atoms with van der Waals surface area (Å²) in [7, 11) is -4.11. The van der Waals surface area contributed by atoms with Gasteiger partial charge in [-0.25, -0.2) is 26.8 Å². The Labute approximate surface area is 159 Å². The number of hydrogen-bond acceptors (Lipinski definition) is 6. The third-order valence-corrected chi connectivity index (χ3v) is 8.50. The molecular formula is C15H24N6O4S2. The fourth-order valence-electron chi connectivity index (χ4n) is 3.04. The van der Waals surface area contributed by atoms with E-state index in [0.717, 1.165) is 0 Å². The first kappa shape index (κ1) is 20.0. The molecule has 2 aromatic heterocycles. The van der Waals surface area contributed by atoms with Crippen LogP contribution in [0.3, 0.4) is 0 Å². The quantitative estimate of drug-likeness (QED) is 0.686. The minimum absolute atomic E-state index is 0.0219. The number of aromatic nitrogens is 4. The van der Waals surface area contributed by atoms with Crippen molar-refractivity contribution in [2.45, 2.75) is 36.9 Å². The molecule has 0 aliphatic carbocycles. The lowest BCUT2D eigenvalue weighted by molar-refractivity contribution is 0.212. The summed E-state index contributed by atoms with van der Waals surface area (Å²) < 4.78 is 57.4. The van der Waals surface area contributed by atoms with E-state index < -0.39 is 26.1 Å². The molecule has 3 heterocycles. The molecule has 3 rings (SSSR count). The fourth-order valence-corrected chi connectivity index (χ4v) is 6.22. The molecule has 1 saturated heterocycles. The van der Waals surface area contributed by atoms with E-state index in [4.69, 9.17) is 0 Å². The number of nitrogens with zero attached hydrogens (tertiary/aromatic N) is 6. The van der Waals surface area contributed by atoms with Gasteiger partial charge in [0.25, 0.3) is 20.0 Å². The van der Waals surface area contributed by atoms with Gasteiger partial charge >= 0.3 is 0 Å². The molecule has 0 spiro atoms. The fraction of sp³-hybridized carbons (Fsp3) is 0.600. The van der Waals surface area contributed by atoms with Crippen LogP contribution in [-0.4, -0.2) is 70.2 Å². The van der Waals surface area contributed by atoms with Crippen LogP contribution in [-0.2, 0) is 34.1 Å². The molecule has 0 radical (unpaired) electrons. The minimum atomic E-state index is -3.79. The van der Waals surface area contributed by atoms with Crippen molar-refractivity contribution in [2.24, 2.45) is 14.1 Å². The molecule has 2 aromatic rings. The number of sulfonamides is 2. The second-order valence-corrected chi connectivity index (χ2v) is 10.5. The van der Waals surface area contributed by atoms with Gasteiger partial charge in [-0.05, 0) is 20.8 Å². The van der Waals surface area contributed by atoms with E-state index in [0.29, 0.717) is 11.6 Å². The topological polar surface area (TPSA) is 110 Å². The molecule has 150 valence electrons. The van der Waals surface area contributed by atoms with Crippen molar-refractivity contribution in [3.05, 3.63) is 24.0 Å². The van der Waals surface area contributed by atoms with Gasteiger partial charge in [-0.3, -0.25) is 0 Å². The summed E-state index contributed by atoms with van der Waals surface area (Å²) in [5.41, 5.74) is 0. The largest absolute Gasteiger partial charge is 0.337 e. The van der Waals surface area contributed by atoms with Crippen molar-refractivity contribution >= 4 is 20.0 Å². The molecule has 0 aromatic carbocycles. The molecule has 1 aliphatic heterocycles. The Hall–Kier alpha value is -1.76. The second-order valence-electron chi connectivity index (χ2n) is 6.80. The molecule has 1 aliphatic rings. The highest BCUT2D eigenvalue weighted by Crippen LogP contribution is 2.24. The van der Waals surface area contributed by atoms with E-state index in [-0.39, 0.29) is 29.7 Å². The highest BCUT2D eigenvalue weighted by molar-refractivity contribution is 7.89. The van der Waals surface area contributed by atoms with Crippen LogP contribution in [0.2, 0.25) is 0 Å². The van der Waals surface area contributed by atoms with Crippen molar-refractivity contribution < 1.29 is 16.8 Å². The van der Waals surface area contributed by atoms with Gasteiger partial charge in [0.05, 0.1) is 0 Å². The monoisotopic (exact) mass is 416 g/mol. The van der Waals surface area contributed by atoms with E-state index in [1.165, 1.54) is 21.0 Å². The van der Waals surface area contributed by atoms with Crippen LogP contribution in [0.25, 0.3) is 0 Å². The van der Waals surface area contributed by atoms with Crippen molar-refractivity contribution in [3.8, 4) is 0 Å². The zero-order valence-corrected chi connectivity index (χ0v) is 17.6. The van der Waals surface area contributed by atoms with Crippen LogP contribution < -0.4 is 0 Å². The normalized spacial score (nSPS) is 20.3. The average Bonchev–Trinajstić information content (AvgIpc) is 3.10. The molecule has 0 bridgehead atoms. The van der Waals surface area contributed by atoms with Crippen molar-refractivity contribution in [1.82, 2.24) is 27.7 Å². The SMILES string of the molecule is Cc1nc(S(=O)(=O)N2CCN(S(=O)(=O)c3cn(C)c(C)n3)C(C)C2)cn1C. The van der Waals surface area contributed by atoms with Gasteiger partial charge in [-0.1, -0.05) is 0 Å². The summed E-state index contributed by atoms with van der Waals surface area (Å²) in [5, 5.41) is -0.0441. The maximum atomic E-state index is 12.9. The Morgan fingerprint density at radius 2 is 1.37 bits per heavy atom. The van der Waals surface area contributed by atoms with Gasteiger partial charge in [0.15, 0.2) is 10.1 Å². The van der Waals surface area contributed by atoms with Crippen LogP contribution >= 0.6 is 0 Å². The van der Waals surface area contributed by atoms with E-state index >= 15 is 0 Å². The Morgan fingerprint density at radius 1 is 0.889 bits per heavy atom. The standard InChI is InChI=1S/C15H24N6O4S2/c1-11-8-20(26(22,23)14-9-18(4)12(2)16-14)6-7-21(11)27(24,25)15-10-19(5)13(3)17-15/h9-11H,6-8H2,1-5H3. The number of hydrogen-bond donors (Lipinski definition) is 0. The number of imidazole rings is 2. The molecule has 10 nitrogen and oxygen atoms in total. The first-order valence-corrected chi connectivity index (χ1v) is 11.3. The third kappa shape index (κ3) is 3.42. The van der Waals surface area contributed by atoms with E-state index in [1.54, 1.807) is 44.0 Å². The minimum Gasteiger partial charge on any atom is -0.337 e. The van der Waals surface area contributed by atoms with Crippen LogP contribution in [0, 0.1) is 13.8 Å². The zero-order valence-electron chi connectivity index (χ0n) is 16.0. The van der Waals surface area contributed by atoms with Gasteiger partial charge in [0, 0.05) is 52.2 Å². The number of piperazine rings is 1. The predicted octanol–water partition coefficient (Wildman–Crippen LogP) is -0.146. The van der Waals surface area contributed by atoms with Crippen molar-refractivity contribution in [2.75, 3.05) is 19.6 Å². The molecule has 1 unspecified atom stereocenters. The Morgan fingerprint density at radius 3 is 1.78 bits per heavy atom. The van der Waals surface area contributed by atoms with Crippen LogP contribution in [0.5, 0.6) is 0 Å². The lowest BCUT2D eigenvalue weighted by atomic mass is 10.3. The molecule has 0 saturated carbocycles. The summed E-state index contributed by atoms with van der Waals surface area (Å²) in [6, 6.07) is -0.523. The lowest BCUT2D eigenvalue weighted by Crippen LogP contribution is -2.55. The summed E-state index contributed by atoms with van der Waals surface area (Å²) in [5.74, 6) is 1.18. The lowest BCUT2D eigenvalue weighted by Gasteiger charge is -2.37. The Bertz CT molecular complexity index is 1030. The molecule has 1 fully saturated rings. The van der Waals surface area contributed by atoms with Gasteiger partial charge in [-0.15, -0.1) is 0 Å². The number of aryl methyl sites for hydroxylation is 4. The summed E-state index contributed by atoms with van der Waals surface area (Å²) in [6.45, 7) is 5.32. The molecule has 0 N–H and O–H groups in total. The summed E-state index contributed by atoms with van der Waals surface area (Å²) >= 11 is 0. The highest BCUT2D eigenvalue weighted by Gasteiger charge is 2.39. The van der Waals surface area contributed by atoms with Crippen molar-refractivity contribution in [3.63, 3.8) is 0 Å². The van der Waals surface area contributed by atoms with E-state index in [1.807, 2.05) is 0 Å². The maximum absolute atomic E-state index is 12.9. The zero-order chi connectivity index (χ0) is 20.1. The smallest absolute Gasteiger partial charge is 0.262 e. The molecule has 0 amide bonds. The van der Waals surface area contributed by atoms with Crippen molar-refractivity contribution in [1.29, 1.82) is 0 Å². The Balaban J connectivity index is 1.83. The summed E-state index contributed by atoms with van der Waals surface area (Å²) in [4.78, 5) is 8.21. The highest BCUT2D eigenvalue weighted by atomic mass is 32.2. The van der Waals surface area contributed by atoms with Crippen LogP contribution in [0.4, 0.5) is 0 Å². The maximum Gasteiger partial charge on any atom is 0.262 e. The van der Waals surface area contributed by atoms with E-state index in [2.05, 4.69) is 9.97 Å². The van der Waals surface area contributed by atoms with Crippen LogP contribution in [0.1, 0.15) is 18.6 Å². The van der Waals surface area contributed by atoms with Gasteiger partial charge < -0.3 is 9.13 Å². The molecular weight excluding hydrogens is 392 g/mol. The second kappa shape index (κ2) is 6.69. The molecule has 1 atom stereocenters. The van der Waals surface area contributed by atoms with Gasteiger partial charge in [-0.2, -0.15) is 8.61 Å². The average molecular weight is 417 g/mol. The van der Waals surface area contributed by atoms with Gasteiger partial charge in [0.1, 0.15) is 11.6 Å². The summed E-state index contributed by atoms with van der Waals surface area (Å²) in [6.07, 6.45) is 2.94. The van der Waals surface area contributed by atoms with E-state index in [9.17, 15) is 16.8 Å². The predicted molar refractivity (Wildman–Crippen MR) is 98.0 cm³/mol. The van der Waals surface area contributed by atoms with Gasteiger partial charge in [0.2, 0.25) is 0 Å². The first-order chi connectivity index (χ1) is 12.4. The molecule has 12 heteroatoms. The number of rotatable bonds is 4. The Kier molecular flexibility index (Phi) is 4.95.